The summed E-state index contributed by atoms with van der Waals surface area (Å²) in [6.07, 6.45) is 3.94. The van der Waals surface area contributed by atoms with E-state index in [4.69, 9.17) is 9.73 Å². The molecule has 1 saturated heterocycles. The van der Waals surface area contributed by atoms with E-state index >= 15 is 0 Å². The minimum atomic E-state index is 0.0160. The fourth-order valence-corrected chi connectivity index (χ4v) is 6.33. The number of nitrogens with zero attached hydrogens (tertiary/aromatic N) is 3. The number of aryl methyl sites for hydroxylation is 1. The van der Waals surface area contributed by atoms with Crippen LogP contribution < -0.4 is 4.90 Å². The highest BCUT2D eigenvalue weighted by Crippen LogP contribution is 2.45. The first kappa shape index (κ1) is 25.5. The average molecular weight is 492 g/mol. The van der Waals surface area contributed by atoms with Crippen LogP contribution in [0.5, 0.6) is 0 Å². The highest BCUT2D eigenvalue weighted by atomic mass is 32.2. The van der Waals surface area contributed by atoms with Gasteiger partial charge in [0.1, 0.15) is 0 Å². The van der Waals surface area contributed by atoms with Crippen LogP contribution in [0.1, 0.15) is 63.1 Å². The van der Waals surface area contributed by atoms with Gasteiger partial charge in [0.15, 0.2) is 5.17 Å². The van der Waals surface area contributed by atoms with Crippen molar-refractivity contribution in [1.82, 2.24) is 4.90 Å². The number of hydrogen-bond acceptors (Lipinski definition) is 5. The molecule has 0 aromatic heterocycles. The first-order valence-electron chi connectivity index (χ1n) is 12.5. The molecule has 2 aromatic carbocycles. The summed E-state index contributed by atoms with van der Waals surface area (Å²) < 4.78 is 5.22. The predicted octanol–water partition coefficient (Wildman–Crippen LogP) is 6.75. The predicted molar refractivity (Wildman–Crippen MR) is 149 cm³/mol. The topological polar surface area (TPSA) is 45.1 Å². The molecule has 0 bridgehead atoms. The summed E-state index contributed by atoms with van der Waals surface area (Å²) in [6, 6.07) is 14.4. The van der Waals surface area contributed by atoms with Crippen molar-refractivity contribution >= 4 is 40.3 Å². The maximum atomic E-state index is 13.5. The highest BCUT2D eigenvalue weighted by molar-refractivity contribution is 8.18. The molecular formula is C29H37N3O2S. The van der Waals surface area contributed by atoms with E-state index in [1.807, 2.05) is 30.3 Å². The molecule has 0 aliphatic carbocycles. The number of anilines is 1. The zero-order chi connectivity index (χ0) is 25.2. The smallest absolute Gasteiger partial charge is 0.266 e. The zero-order valence-electron chi connectivity index (χ0n) is 21.8. The quantitative estimate of drug-likeness (QED) is 0.317. The van der Waals surface area contributed by atoms with Crippen LogP contribution in [0.25, 0.3) is 6.08 Å². The summed E-state index contributed by atoms with van der Waals surface area (Å²) in [5.74, 6) is 0.482. The number of benzene rings is 2. The number of ether oxygens (including phenoxy) is 1. The van der Waals surface area contributed by atoms with E-state index in [1.54, 1.807) is 12.0 Å². The van der Waals surface area contributed by atoms with Gasteiger partial charge in [-0.15, -0.1) is 0 Å². The van der Waals surface area contributed by atoms with E-state index in [0.29, 0.717) is 19.1 Å². The molecule has 0 unspecified atom stereocenters. The van der Waals surface area contributed by atoms with Crippen LogP contribution in [-0.4, -0.2) is 48.3 Å². The van der Waals surface area contributed by atoms with Gasteiger partial charge in [0, 0.05) is 38.0 Å². The zero-order valence-corrected chi connectivity index (χ0v) is 22.6. The number of fused-ring (bicyclic) bond motifs is 1. The number of carbonyl (C=O) groups excluding carboxylic acids is 1. The number of para-hydroxylation sites is 1. The Bertz CT molecular complexity index is 1140. The number of methoxy groups -OCH3 is 1. The first-order chi connectivity index (χ1) is 16.7. The Morgan fingerprint density at radius 3 is 2.66 bits per heavy atom. The van der Waals surface area contributed by atoms with E-state index in [1.165, 1.54) is 28.6 Å². The number of amides is 1. The van der Waals surface area contributed by atoms with Crippen LogP contribution in [0.15, 0.2) is 52.4 Å². The molecule has 0 N–H and O–H groups in total. The van der Waals surface area contributed by atoms with Gasteiger partial charge >= 0.3 is 0 Å². The normalized spacial score (nSPS) is 21.8. The van der Waals surface area contributed by atoms with Crippen molar-refractivity contribution in [3.63, 3.8) is 0 Å². The third-order valence-corrected chi connectivity index (χ3v) is 7.98. The molecule has 1 fully saturated rings. The second kappa shape index (κ2) is 10.6. The molecule has 1 atom stereocenters. The molecule has 4 rings (SSSR count). The molecule has 186 valence electrons. The lowest BCUT2D eigenvalue weighted by molar-refractivity contribution is -0.122. The Labute approximate surface area is 214 Å². The minimum absolute atomic E-state index is 0.0160. The SMILES string of the molecule is CCN1c2cc(C)c(/C=C3\SC(=Nc4ccccc4)N(CCCOC)C3=O)cc2[C@@H](C)CC1(C)C. The molecule has 0 spiro atoms. The highest BCUT2D eigenvalue weighted by Gasteiger charge is 2.36. The summed E-state index contributed by atoms with van der Waals surface area (Å²) in [5.41, 5.74) is 5.98. The van der Waals surface area contributed by atoms with Gasteiger partial charge in [-0.25, -0.2) is 4.99 Å². The van der Waals surface area contributed by atoms with Crippen LogP contribution in [0, 0.1) is 6.92 Å². The summed E-state index contributed by atoms with van der Waals surface area (Å²) >= 11 is 1.46. The van der Waals surface area contributed by atoms with Crippen LogP contribution in [0.2, 0.25) is 0 Å². The fourth-order valence-electron chi connectivity index (χ4n) is 5.31. The van der Waals surface area contributed by atoms with Gasteiger partial charge in [-0.1, -0.05) is 25.1 Å². The van der Waals surface area contributed by atoms with Gasteiger partial charge in [-0.3, -0.25) is 9.69 Å². The lowest BCUT2D eigenvalue weighted by Crippen LogP contribution is -2.48. The number of thioether (sulfide) groups is 1. The van der Waals surface area contributed by atoms with E-state index in [9.17, 15) is 4.79 Å². The molecule has 1 amide bonds. The van der Waals surface area contributed by atoms with Crippen molar-refractivity contribution in [2.24, 2.45) is 4.99 Å². The Hall–Kier alpha value is -2.57. The van der Waals surface area contributed by atoms with Crippen molar-refractivity contribution in [3.8, 4) is 0 Å². The van der Waals surface area contributed by atoms with Crippen LogP contribution >= 0.6 is 11.8 Å². The largest absolute Gasteiger partial charge is 0.385 e. The molecule has 2 heterocycles. The number of rotatable bonds is 7. The number of hydrogen-bond donors (Lipinski definition) is 0. The molecule has 2 aliphatic heterocycles. The fraction of sp³-hybridized carbons (Fsp3) is 0.448. The van der Waals surface area contributed by atoms with Crippen molar-refractivity contribution in [1.29, 1.82) is 0 Å². The van der Waals surface area contributed by atoms with Gasteiger partial charge in [0.25, 0.3) is 5.91 Å². The first-order valence-corrected chi connectivity index (χ1v) is 13.3. The Morgan fingerprint density at radius 2 is 1.97 bits per heavy atom. The van der Waals surface area contributed by atoms with Crippen molar-refractivity contribution in [2.75, 3.05) is 31.7 Å². The molecule has 2 aliphatic rings. The molecule has 0 saturated carbocycles. The summed E-state index contributed by atoms with van der Waals surface area (Å²) in [6.45, 7) is 13.5. The maximum absolute atomic E-state index is 13.5. The van der Waals surface area contributed by atoms with Gasteiger partial charge in [-0.05, 0) is 105 Å². The molecule has 6 heteroatoms. The summed E-state index contributed by atoms with van der Waals surface area (Å²) in [4.78, 5) is 23.3. The van der Waals surface area contributed by atoms with E-state index in [2.05, 4.69) is 57.7 Å². The van der Waals surface area contributed by atoms with Crippen molar-refractivity contribution in [2.45, 2.75) is 58.9 Å². The number of amidine groups is 1. The molecule has 0 radical (unpaired) electrons. The van der Waals surface area contributed by atoms with Gasteiger partial charge in [0.2, 0.25) is 0 Å². The van der Waals surface area contributed by atoms with Crippen molar-refractivity contribution < 1.29 is 9.53 Å². The lowest BCUT2D eigenvalue weighted by atomic mass is 9.79. The number of carbonyl (C=O) groups is 1. The second-order valence-electron chi connectivity index (χ2n) is 10.1. The monoisotopic (exact) mass is 491 g/mol. The lowest BCUT2D eigenvalue weighted by Gasteiger charge is -2.47. The van der Waals surface area contributed by atoms with E-state index < -0.39 is 0 Å². The third kappa shape index (κ3) is 5.34. The Balaban J connectivity index is 1.70. The van der Waals surface area contributed by atoms with Crippen molar-refractivity contribution in [3.05, 3.63) is 64.1 Å². The average Bonchev–Trinajstić information content (AvgIpc) is 3.09. The van der Waals surface area contributed by atoms with E-state index in [0.717, 1.165) is 40.7 Å². The molecule has 5 nitrogen and oxygen atoms in total. The molecule has 35 heavy (non-hydrogen) atoms. The minimum Gasteiger partial charge on any atom is -0.385 e. The van der Waals surface area contributed by atoms with Gasteiger partial charge in [0.05, 0.1) is 10.6 Å². The molecule has 2 aromatic rings. The van der Waals surface area contributed by atoms with Gasteiger partial charge in [-0.2, -0.15) is 0 Å². The Kier molecular flexibility index (Phi) is 7.72. The Morgan fingerprint density at radius 1 is 1.23 bits per heavy atom. The van der Waals surface area contributed by atoms with Gasteiger partial charge < -0.3 is 9.64 Å². The second-order valence-corrected chi connectivity index (χ2v) is 11.1. The van der Waals surface area contributed by atoms with Crippen LogP contribution in [0.4, 0.5) is 11.4 Å². The van der Waals surface area contributed by atoms with Crippen LogP contribution in [0.3, 0.4) is 0 Å². The van der Waals surface area contributed by atoms with Crippen LogP contribution in [-0.2, 0) is 9.53 Å². The standard InChI is InChI=1S/C29H37N3O2S/c1-7-32-25-16-20(2)22(17-24(25)21(3)19-29(32,4)5)18-26-27(33)31(14-11-15-34-6)28(35-26)30-23-12-9-8-10-13-23/h8-10,12-13,16-18,21H,7,11,14-15,19H2,1-6H3/b26-18-,30-28?/t21-/m0/s1. The summed E-state index contributed by atoms with van der Waals surface area (Å²) in [5, 5.41) is 0.728. The molecular weight excluding hydrogens is 454 g/mol. The summed E-state index contributed by atoms with van der Waals surface area (Å²) in [7, 11) is 1.69. The maximum Gasteiger partial charge on any atom is 0.266 e. The van der Waals surface area contributed by atoms with E-state index in [-0.39, 0.29) is 11.4 Å². The number of aliphatic imine (C=N–C) groups is 1. The third-order valence-electron chi connectivity index (χ3n) is 6.98.